The number of likely N-dealkylation sites (tertiary alicyclic amines) is 2. The fourth-order valence-corrected chi connectivity index (χ4v) is 7.42. The highest BCUT2D eigenvalue weighted by atomic mass is 28.2. The van der Waals surface area contributed by atoms with E-state index in [0.717, 1.165) is 82.5 Å². The van der Waals surface area contributed by atoms with E-state index in [1.807, 2.05) is 0 Å². The highest BCUT2D eigenvalue weighted by molar-refractivity contribution is 6.33. The van der Waals surface area contributed by atoms with Crippen LogP contribution in [0, 0.1) is 0 Å². The minimum Gasteiger partial charge on any atom is -0.337 e. The minimum atomic E-state index is -0.807. The van der Waals surface area contributed by atoms with E-state index in [1.165, 1.54) is 4.90 Å². The molecule has 8 amide bonds. The van der Waals surface area contributed by atoms with E-state index < -0.39 is 34.9 Å². The first-order valence-electron chi connectivity index (χ1n) is 17.7. The van der Waals surface area contributed by atoms with E-state index in [0.29, 0.717) is 69.6 Å². The van der Waals surface area contributed by atoms with Gasteiger partial charge in [0.05, 0.1) is 13.1 Å². The van der Waals surface area contributed by atoms with Crippen molar-refractivity contribution < 1.29 is 38.2 Å². The predicted octanol–water partition coefficient (Wildman–Crippen LogP) is 3.39. The zero-order valence-electron chi connectivity index (χ0n) is 28.9. The molecule has 14 nitrogen and oxygen atoms in total. The average molecular weight is 705 g/mol. The summed E-state index contributed by atoms with van der Waals surface area (Å²) >= 11 is 0. The first-order chi connectivity index (χ1) is 23.4. The van der Waals surface area contributed by atoms with Gasteiger partial charge in [0.1, 0.15) is 0 Å². The molecule has 0 spiro atoms. The Hall–Kier alpha value is -3.01. The number of hydrogen-bond acceptors (Lipinski definition) is 8. The number of carbonyl (C=O) groups is 4. The minimum absolute atomic E-state index is 0.234. The lowest BCUT2D eigenvalue weighted by Crippen LogP contribution is -3.19. The van der Waals surface area contributed by atoms with Crippen LogP contribution in [-0.2, 0) is 9.59 Å². The molecule has 2 aliphatic heterocycles. The third-order valence-corrected chi connectivity index (χ3v) is 10.8. The molecule has 0 aromatic heterocycles. The monoisotopic (exact) mass is 704 g/mol. The van der Waals surface area contributed by atoms with E-state index in [2.05, 4.69) is 39.0 Å². The molecule has 4 atom stereocenters. The molecule has 4 unspecified atom stereocenters. The molecule has 4 radical (unpaired) electrons. The lowest BCUT2D eigenvalue weighted by atomic mass is 10.2. The SMILES string of the molecule is C[Si]CCCNC(=O)N(CCCCCCNC(=O)[N+]1(C(=O)NCCC[Si]C)CCCCCC1N=C=O)C(=O)[NH+]1CCCCCC1N=C=O. The van der Waals surface area contributed by atoms with Gasteiger partial charge in [-0.3, -0.25) is 0 Å². The van der Waals surface area contributed by atoms with Crippen LogP contribution in [0.1, 0.15) is 89.9 Å². The van der Waals surface area contributed by atoms with Crippen molar-refractivity contribution in [2.75, 3.05) is 39.3 Å². The molecular formula is C32H56N8O6Si2+2. The fourth-order valence-electron chi connectivity index (χ4n) is 6.36. The van der Waals surface area contributed by atoms with Crippen molar-refractivity contribution in [1.29, 1.82) is 0 Å². The van der Waals surface area contributed by atoms with Gasteiger partial charge in [-0.25, -0.2) is 38.6 Å². The molecule has 4 N–H and O–H groups in total. The molecule has 2 fully saturated rings. The highest BCUT2D eigenvalue weighted by Crippen LogP contribution is 2.27. The summed E-state index contributed by atoms with van der Waals surface area (Å²) in [5.41, 5.74) is 0. The number of quaternary nitrogens is 2. The molecule has 0 aromatic carbocycles. The number of rotatable bonds is 17. The summed E-state index contributed by atoms with van der Waals surface area (Å²) in [7, 11) is 1.57. The molecule has 266 valence electrons. The van der Waals surface area contributed by atoms with Gasteiger partial charge in [-0.2, -0.15) is 0 Å². The van der Waals surface area contributed by atoms with Crippen LogP contribution in [0.3, 0.4) is 0 Å². The number of aliphatic imine (C=N–C) groups is 2. The van der Waals surface area contributed by atoms with Gasteiger partial charge in [0.2, 0.25) is 24.5 Å². The Morgan fingerprint density at radius 1 is 0.750 bits per heavy atom. The van der Waals surface area contributed by atoms with Gasteiger partial charge >= 0.3 is 24.1 Å². The van der Waals surface area contributed by atoms with Crippen molar-refractivity contribution in [3.8, 4) is 0 Å². The molecule has 0 aromatic rings. The van der Waals surface area contributed by atoms with Crippen molar-refractivity contribution in [3.63, 3.8) is 0 Å². The van der Waals surface area contributed by atoms with Crippen LogP contribution in [-0.4, -0.2) is 116 Å². The van der Waals surface area contributed by atoms with E-state index >= 15 is 0 Å². The number of imide groups is 2. The maximum absolute atomic E-state index is 13.7. The van der Waals surface area contributed by atoms with E-state index in [-0.39, 0.29) is 19.1 Å². The van der Waals surface area contributed by atoms with Gasteiger partial charge in [0.25, 0.3) is 0 Å². The summed E-state index contributed by atoms with van der Waals surface area (Å²) in [6.07, 6.45) is 12.1. The number of hydrogen-bond donors (Lipinski definition) is 4. The standard InChI is InChI=1S/C32H54N8O6Si2/c1-47-23-13-18-33-29(43)39(32(46)38-20-11-5-7-15-27(38)36-25-41)21-10-4-3-9-17-34-30(44)40(31(45)35-19-14-24-48-2)22-12-6-8-16-28(40)37-26-42/h27-28H,3-24H2,1-2H3,(H2-,33,34,35,43,44,45)/p+2. The number of carbonyl (C=O) groups excluding carboxylic acids is 6. The first-order valence-corrected chi connectivity index (χ1v) is 21.1. The molecule has 2 rings (SSSR count). The fraction of sp³-hybridized carbons (Fsp3) is 0.812. The molecule has 0 saturated carbocycles. The molecule has 2 heterocycles. The summed E-state index contributed by atoms with van der Waals surface area (Å²) in [5, 5.41) is 8.75. The summed E-state index contributed by atoms with van der Waals surface area (Å²) in [5.74, 6) is 0. The Labute approximate surface area is 290 Å². The summed E-state index contributed by atoms with van der Waals surface area (Å²) in [6.45, 7) is 6.52. The van der Waals surface area contributed by atoms with E-state index in [1.54, 1.807) is 12.2 Å². The molecule has 2 saturated heterocycles. The molecule has 0 aliphatic carbocycles. The Kier molecular flexibility index (Phi) is 20.7. The lowest BCUT2D eigenvalue weighted by molar-refractivity contribution is -0.845. The van der Waals surface area contributed by atoms with E-state index in [4.69, 9.17) is 0 Å². The molecular weight excluding hydrogens is 649 g/mol. The largest absolute Gasteiger partial charge is 0.427 e. The maximum Gasteiger partial charge on any atom is 0.427 e. The van der Waals surface area contributed by atoms with Crippen LogP contribution in [0.15, 0.2) is 9.98 Å². The van der Waals surface area contributed by atoms with Gasteiger partial charge in [-0.1, -0.05) is 38.0 Å². The Bertz CT molecular complexity index is 1120. The van der Waals surface area contributed by atoms with Gasteiger partial charge in [-0.15, -0.1) is 14.5 Å². The van der Waals surface area contributed by atoms with Gasteiger partial charge < -0.3 is 16.0 Å². The third-order valence-electron chi connectivity index (χ3n) is 9.05. The quantitative estimate of drug-likeness (QED) is 0.0595. The van der Waals surface area contributed by atoms with Crippen molar-refractivity contribution in [1.82, 2.24) is 20.9 Å². The second-order valence-electron chi connectivity index (χ2n) is 12.5. The van der Waals surface area contributed by atoms with Gasteiger partial charge in [0.15, 0.2) is 0 Å². The normalized spacial score (nSPS) is 22.5. The second kappa shape index (κ2) is 24.2. The Morgan fingerprint density at radius 2 is 1.35 bits per heavy atom. The number of isocyanates is 2. The van der Waals surface area contributed by atoms with Crippen molar-refractivity contribution in [3.05, 3.63) is 0 Å². The topological polar surface area (TPSA) is 171 Å². The predicted molar refractivity (Wildman–Crippen MR) is 185 cm³/mol. The number of nitrogens with zero attached hydrogens (tertiary/aromatic N) is 4. The summed E-state index contributed by atoms with van der Waals surface area (Å²) in [4.78, 5) is 86.0. The van der Waals surface area contributed by atoms with Crippen molar-refractivity contribution in [2.24, 2.45) is 9.98 Å². The molecule has 16 heteroatoms. The van der Waals surface area contributed by atoms with E-state index in [9.17, 15) is 28.8 Å². The first kappa shape index (κ1) is 41.2. The number of nitrogens with one attached hydrogen (secondary N) is 4. The summed E-state index contributed by atoms with van der Waals surface area (Å²) < 4.78 is -0.567. The number of unbranched alkanes of at least 4 members (excludes halogenated alkanes) is 3. The summed E-state index contributed by atoms with van der Waals surface area (Å²) in [6, 6.07) is 0.324. The number of amides is 8. The zero-order valence-corrected chi connectivity index (χ0v) is 30.9. The van der Waals surface area contributed by atoms with Gasteiger partial charge in [0, 0.05) is 58.1 Å². The Balaban J connectivity index is 1.99. The van der Waals surface area contributed by atoms with Crippen LogP contribution < -0.4 is 20.9 Å². The second-order valence-corrected chi connectivity index (χ2v) is 14.9. The maximum atomic E-state index is 13.7. The van der Waals surface area contributed by atoms with Crippen LogP contribution in [0.5, 0.6) is 0 Å². The number of urea groups is 4. The molecule has 2 aliphatic rings. The van der Waals surface area contributed by atoms with Crippen LogP contribution in [0.2, 0.25) is 25.2 Å². The van der Waals surface area contributed by atoms with Crippen LogP contribution in [0.25, 0.3) is 0 Å². The average Bonchev–Trinajstić information content (AvgIpc) is 3.45. The van der Waals surface area contributed by atoms with Gasteiger partial charge in [-0.05, 0) is 64.2 Å². The molecule has 0 bridgehead atoms. The lowest BCUT2D eigenvalue weighted by Gasteiger charge is -2.35. The smallest absolute Gasteiger partial charge is 0.337 e. The Morgan fingerprint density at radius 3 is 2.02 bits per heavy atom. The van der Waals surface area contributed by atoms with Crippen molar-refractivity contribution in [2.45, 2.75) is 127 Å². The third kappa shape index (κ3) is 13.1. The van der Waals surface area contributed by atoms with Crippen LogP contribution >= 0.6 is 0 Å². The molecule has 48 heavy (non-hydrogen) atoms. The van der Waals surface area contributed by atoms with Crippen LogP contribution in [0.4, 0.5) is 19.2 Å². The zero-order chi connectivity index (χ0) is 35.0. The van der Waals surface area contributed by atoms with Crippen molar-refractivity contribution >= 4 is 55.3 Å². The highest BCUT2D eigenvalue weighted by Gasteiger charge is 2.52.